The lowest BCUT2D eigenvalue weighted by molar-refractivity contribution is 0.0656. The first kappa shape index (κ1) is 22.0. The standard InChI is InChI=1S/C27H20N4O4/c32-24-12-11-23(29-30-24)18-7-4-8-20(15-18)28-25(33)19-9-10-21-22(16-19)27(35)31(26(21)34)14-13-17-5-2-1-3-6-17/h1-12,15-16H,13-14H2,(H,28,33)(H,30,32). The van der Waals surface area contributed by atoms with Crippen molar-refractivity contribution in [2.24, 2.45) is 0 Å². The molecule has 35 heavy (non-hydrogen) atoms. The van der Waals surface area contributed by atoms with Crippen LogP contribution in [0.15, 0.2) is 89.7 Å². The number of nitrogens with zero attached hydrogens (tertiary/aromatic N) is 2. The van der Waals surface area contributed by atoms with Gasteiger partial charge in [-0.2, -0.15) is 5.10 Å². The summed E-state index contributed by atoms with van der Waals surface area (Å²) in [6.07, 6.45) is 0.556. The second-order valence-electron chi connectivity index (χ2n) is 8.10. The fraction of sp³-hybridized carbons (Fsp3) is 0.0741. The van der Waals surface area contributed by atoms with Crippen molar-refractivity contribution in [3.8, 4) is 11.3 Å². The number of amides is 3. The molecule has 2 N–H and O–H groups in total. The minimum atomic E-state index is -0.414. The second kappa shape index (κ2) is 9.18. The lowest BCUT2D eigenvalue weighted by Gasteiger charge is -2.13. The lowest BCUT2D eigenvalue weighted by Crippen LogP contribution is -2.31. The fourth-order valence-corrected chi connectivity index (χ4v) is 3.99. The van der Waals surface area contributed by atoms with Crippen molar-refractivity contribution in [1.29, 1.82) is 0 Å². The Kier molecular flexibility index (Phi) is 5.76. The number of anilines is 1. The quantitative estimate of drug-likeness (QED) is 0.424. The third-order valence-electron chi connectivity index (χ3n) is 5.80. The number of hydrogen-bond donors (Lipinski definition) is 2. The number of carbonyl (C=O) groups is 3. The molecule has 0 radical (unpaired) electrons. The Morgan fingerprint density at radius 1 is 0.829 bits per heavy atom. The molecule has 2 heterocycles. The summed E-state index contributed by atoms with van der Waals surface area (Å²) in [6, 6.07) is 24.1. The maximum atomic E-state index is 12.9. The van der Waals surface area contributed by atoms with Crippen LogP contribution in [0.5, 0.6) is 0 Å². The van der Waals surface area contributed by atoms with E-state index >= 15 is 0 Å². The number of imide groups is 1. The number of H-pyrrole nitrogens is 1. The van der Waals surface area contributed by atoms with Crippen molar-refractivity contribution in [3.63, 3.8) is 0 Å². The number of aromatic amines is 1. The van der Waals surface area contributed by atoms with E-state index in [-0.39, 0.29) is 29.1 Å². The van der Waals surface area contributed by atoms with Crippen molar-refractivity contribution in [2.45, 2.75) is 6.42 Å². The molecular formula is C27H20N4O4. The van der Waals surface area contributed by atoms with E-state index in [4.69, 9.17) is 0 Å². The number of rotatable bonds is 6. The summed E-state index contributed by atoms with van der Waals surface area (Å²) >= 11 is 0. The van der Waals surface area contributed by atoms with Gasteiger partial charge in [-0.25, -0.2) is 5.10 Å². The highest BCUT2D eigenvalue weighted by Crippen LogP contribution is 2.25. The summed E-state index contributed by atoms with van der Waals surface area (Å²) in [5, 5.41) is 9.19. The smallest absolute Gasteiger partial charge is 0.264 e. The molecule has 4 aromatic rings. The first-order valence-electron chi connectivity index (χ1n) is 11.0. The first-order chi connectivity index (χ1) is 17.0. The summed E-state index contributed by atoms with van der Waals surface area (Å²) in [4.78, 5) is 51.1. The summed E-state index contributed by atoms with van der Waals surface area (Å²) in [5.74, 6) is -1.17. The SMILES string of the molecule is O=C(Nc1cccc(-c2ccc(=O)[nH]n2)c1)c1ccc2c(c1)C(=O)N(CCc1ccccc1)C2=O. The van der Waals surface area contributed by atoms with E-state index in [0.717, 1.165) is 5.56 Å². The molecule has 8 nitrogen and oxygen atoms in total. The molecule has 0 spiro atoms. The third-order valence-corrected chi connectivity index (χ3v) is 5.80. The third kappa shape index (κ3) is 4.49. The molecule has 5 rings (SSSR count). The average molecular weight is 464 g/mol. The lowest BCUT2D eigenvalue weighted by atomic mass is 10.0. The monoisotopic (exact) mass is 464 g/mol. The van der Waals surface area contributed by atoms with Crippen molar-refractivity contribution < 1.29 is 14.4 Å². The van der Waals surface area contributed by atoms with Crippen molar-refractivity contribution >= 4 is 23.4 Å². The van der Waals surface area contributed by atoms with Gasteiger partial charge in [-0.1, -0.05) is 42.5 Å². The second-order valence-corrected chi connectivity index (χ2v) is 8.10. The zero-order valence-electron chi connectivity index (χ0n) is 18.5. The van der Waals surface area contributed by atoms with Crippen LogP contribution in [0.4, 0.5) is 5.69 Å². The summed E-state index contributed by atoms with van der Waals surface area (Å²) < 4.78 is 0. The van der Waals surface area contributed by atoms with E-state index in [9.17, 15) is 19.2 Å². The van der Waals surface area contributed by atoms with Gasteiger partial charge in [0.15, 0.2) is 0 Å². The molecule has 3 amide bonds. The molecule has 0 unspecified atom stereocenters. The Labute approximate surface area is 200 Å². The van der Waals surface area contributed by atoms with E-state index in [1.807, 2.05) is 30.3 Å². The fourth-order valence-electron chi connectivity index (χ4n) is 3.99. The highest BCUT2D eigenvalue weighted by atomic mass is 16.2. The van der Waals surface area contributed by atoms with Crippen LogP contribution in [0.2, 0.25) is 0 Å². The molecule has 0 saturated heterocycles. The summed E-state index contributed by atoms with van der Waals surface area (Å²) in [7, 11) is 0. The normalized spacial score (nSPS) is 12.5. The predicted molar refractivity (Wildman–Crippen MR) is 130 cm³/mol. The first-order valence-corrected chi connectivity index (χ1v) is 11.0. The van der Waals surface area contributed by atoms with Gasteiger partial charge in [0.2, 0.25) is 0 Å². The molecule has 8 heteroatoms. The van der Waals surface area contributed by atoms with Crippen molar-refractivity contribution in [2.75, 3.05) is 11.9 Å². The number of aromatic nitrogens is 2. The Hall–Kier alpha value is -4.85. The Bertz CT molecular complexity index is 1490. The minimum Gasteiger partial charge on any atom is -0.322 e. The van der Waals surface area contributed by atoms with Gasteiger partial charge in [0.05, 0.1) is 16.8 Å². The van der Waals surface area contributed by atoms with Crippen LogP contribution in [0, 0.1) is 0 Å². The molecule has 0 saturated carbocycles. The summed E-state index contributed by atoms with van der Waals surface area (Å²) in [6.45, 7) is 0.267. The molecule has 0 aliphatic carbocycles. The van der Waals surface area contributed by atoms with Crippen LogP contribution in [0.1, 0.15) is 36.6 Å². The topological polar surface area (TPSA) is 112 Å². The predicted octanol–water partition coefficient (Wildman–Crippen LogP) is 3.53. The van der Waals surface area contributed by atoms with Crippen LogP contribution >= 0.6 is 0 Å². The highest BCUT2D eigenvalue weighted by Gasteiger charge is 2.35. The molecule has 0 fully saturated rings. The highest BCUT2D eigenvalue weighted by molar-refractivity contribution is 6.22. The molecule has 1 aromatic heterocycles. The zero-order chi connectivity index (χ0) is 24.4. The molecular weight excluding hydrogens is 444 g/mol. The molecule has 3 aromatic carbocycles. The average Bonchev–Trinajstić information content (AvgIpc) is 3.12. The van der Waals surface area contributed by atoms with Crippen molar-refractivity contribution in [3.05, 3.63) is 118 Å². The minimum absolute atomic E-state index is 0.224. The van der Waals surface area contributed by atoms with Crippen LogP contribution in [0.25, 0.3) is 11.3 Å². The van der Waals surface area contributed by atoms with Crippen LogP contribution in [0.3, 0.4) is 0 Å². The van der Waals surface area contributed by atoms with Gasteiger partial charge >= 0.3 is 0 Å². The van der Waals surface area contributed by atoms with Crippen LogP contribution < -0.4 is 10.9 Å². The molecule has 0 bridgehead atoms. The van der Waals surface area contributed by atoms with Crippen LogP contribution in [-0.4, -0.2) is 39.4 Å². The van der Waals surface area contributed by atoms with Gasteiger partial charge in [0, 0.05) is 29.4 Å². The van der Waals surface area contributed by atoms with E-state index < -0.39 is 11.8 Å². The number of fused-ring (bicyclic) bond motifs is 1. The van der Waals surface area contributed by atoms with Gasteiger partial charge in [-0.15, -0.1) is 0 Å². The molecule has 1 aliphatic rings. The maximum absolute atomic E-state index is 12.9. The molecule has 1 aliphatic heterocycles. The van der Waals surface area contributed by atoms with Crippen molar-refractivity contribution in [1.82, 2.24) is 15.1 Å². The van der Waals surface area contributed by atoms with E-state index in [1.165, 1.54) is 29.2 Å². The van der Waals surface area contributed by atoms with Crippen LogP contribution in [-0.2, 0) is 6.42 Å². The van der Waals surface area contributed by atoms with E-state index in [1.54, 1.807) is 30.3 Å². The number of nitrogens with one attached hydrogen (secondary N) is 2. The van der Waals surface area contributed by atoms with Gasteiger partial charge < -0.3 is 5.32 Å². The van der Waals surface area contributed by atoms with Gasteiger partial charge in [0.25, 0.3) is 23.3 Å². The number of hydrogen-bond acceptors (Lipinski definition) is 5. The molecule has 172 valence electrons. The Morgan fingerprint density at radius 3 is 2.40 bits per heavy atom. The molecule has 0 atom stereocenters. The van der Waals surface area contributed by atoms with Gasteiger partial charge in [-0.05, 0) is 48.4 Å². The van der Waals surface area contributed by atoms with Gasteiger partial charge in [0.1, 0.15) is 0 Å². The zero-order valence-corrected chi connectivity index (χ0v) is 18.5. The number of benzene rings is 3. The largest absolute Gasteiger partial charge is 0.322 e. The Balaban J connectivity index is 1.32. The van der Waals surface area contributed by atoms with E-state index in [2.05, 4.69) is 15.5 Å². The van der Waals surface area contributed by atoms with Gasteiger partial charge in [-0.3, -0.25) is 24.1 Å². The number of carbonyl (C=O) groups excluding carboxylic acids is 3. The summed E-state index contributed by atoms with van der Waals surface area (Å²) in [5.41, 5.74) is 3.30. The maximum Gasteiger partial charge on any atom is 0.264 e. The Morgan fingerprint density at radius 2 is 1.63 bits per heavy atom. The van der Waals surface area contributed by atoms with E-state index in [0.29, 0.717) is 28.9 Å².